The van der Waals surface area contributed by atoms with Gasteiger partial charge in [0.1, 0.15) is 0 Å². The van der Waals surface area contributed by atoms with Gasteiger partial charge in [0.2, 0.25) is 0 Å². The summed E-state index contributed by atoms with van der Waals surface area (Å²) in [4.78, 5) is 0. The van der Waals surface area contributed by atoms with Gasteiger partial charge in [-0.2, -0.15) is 0 Å². The maximum Gasteiger partial charge on any atom is 0.0630 e. The molecule has 8 heteroatoms. The van der Waals surface area contributed by atoms with Crippen LogP contribution in [0.5, 0.6) is 0 Å². The summed E-state index contributed by atoms with van der Waals surface area (Å²) in [7, 11) is 0. The molecule has 23 unspecified atom stereocenters. The Bertz CT molecular complexity index is 1920. The fraction of sp³-hybridized carbons (Fsp3) is 0.800. The van der Waals surface area contributed by atoms with E-state index in [9.17, 15) is 40.9 Å². The van der Waals surface area contributed by atoms with Gasteiger partial charge < -0.3 is 40.9 Å². The van der Waals surface area contributed by atoms with Crippen molar-refractivity contribution in [1.29, 1.82) is 0 Å². The third kappa shape index (κ3) is 30.6. The highest BCUT2D eigenvalue weighted by Gasteiger charge is 2.34. The van der Waals surface area contributed by atoms with Gasteiger partial charge in [0.15, 0.2) is 0 Å². The number of allylic oxidation sites excluding steroid dienone is 4. The van der Waals surface area contributed by atoms with Crippen LogP contribution in [0.3, 0.4) is 0 Å². The smallest absolute Gasteiger partial charge is 0.0630 e. The van der Waals surface area contributed by atoms with Crippen molar-refractivity contribution in [2.75, 3.05) is 0 Å². The summed E-state index contributed by atoms with van der Waals surface area (Å²) in [5, 5.41) is 76.5. The Morgan fingerprint density at radius 3 is 1.22 bits per heavy atom. The molecular weight excluding hydrogens is 1090 g/mol. The van der Waals surface area contributed by atoms with Gasteiger partial charge in [-0.25, -0.2) is 0 Å². The zero-order valence-corrected chi connectivity index (χ0v) is 60.0. The molecule has 8 aliphatic rings. The van der Waals surface area contributed by atoms with Crippen molar-refractivity contribution in [2.45, 2.75) is 307 Å². The molecule has 0 aliphatic heterocycles. The lowest BCUT2D eigenvalue weighted by atomic mass is 9.72. The lowest BCUT2D eigenvalue weighted by Crippen LogP contribution is -2.32. The molecule has 0 amide bonds. The quantitative estimate of drug-likeness (QED) is 0.111. The van der Waals surface area contributed by atoms with Crippen LogP contribution in [-0.2, 0) is 0 Å². The lowest BCUT2D eigenvalue weighted by molar-refractivity contribution is 0.0409. The van der Waals surface area contributed by atoms with Gasteiger partial charge in [-0.05, 0) is 254 Å². The number of hydrogen-bond donors (Lipinski definition) is 8. The Hall–Kier alpha value is -2.40. The molecule has 8 aliphatic carbocycles. The Morgan fingerprint density at radius 2 is 0.784 bits per heavy atom. The van der Waals surface area contributed by atoms with Gasteiger partial charge in [0.05, 0.1) is 48.8 Å². The van der Waals surface area contributed by atoms with Gasteiger partial charge in [-0.15, -0.1) is 6.58 Å². The molecule has 8 nitrogen and oxygen atoms in total. The third-order valence-corrected chi connectivity index (χ3v) is 22.2. The lowest BCUT2D eigenvalue weighted by Gasteiger charge is -2.35. The number of aliphatic hydroxyl groups excluding tert-OH is 8. The van der Waals surface area contributed by atoms with E-state index in [1.807, 2.05) is 33.8 Å². The van der Waals surface area contributed by atoms with E-state index in [0.29, 0.717) is 88.8 Å². The molecule has 8 fully saturated rings. The predicted molar refractivity (Wildman–Crippen MR) is 379 cm³/mol. The van der Waals surface area contributed by atoms with Crippen molar-refractivity contribution in [2.24, 2.45) is 101 Å². The Balaban J connectivity index is 0.000000503. The van der Waals surface area contributed by atoms with E-state index in [0.717, 1.165) is 130 Å². The summed E-state index contributed by atoms with van der Waals surface area (Å²) in [6, 6.07) is 0. The molecule has 512 valence electrons. The molecule has 0 radical (unpaired) electrons. The molecular formula is C80H144O8. The maximum absolute atomic E-state index is 9.75. The van der Waals surface area contributed by atoms with E-state index >= 15 is 0 Å². The predicted octanol–water partition coefficient (Wildman–Crippen LogP) is 18.7. The van der Waals surface area contributed by atoms with Crippen molar-refractivity contribution >= 4 is 0 Å². The molecule has 0 spiro atoms. The standard InChI is InChI=1S/8C10H18O/c1-7(2)9-4-8(3)5-10(11)6-9;1-7(2)10-6-9(11)5-4-8(10)3;1-7(2)9-6-8(3)4-5-10(9)11;1-7(2)9-5-4-8(3)6-10(9)11;1-7(2)9-5-4-6-10(11)8(9)3;1-7(2)10-8(3)5-4-6-9(10)11;1-7(2)9-6-4-5-8(3)10(9)11;1-4-10-7(2)5-9(11)6-8(10)3/h7*8-11H,1,4-6H2,2-3H3;4,7-11H,1,5-6H2,2-3H3. The molecule has 0 bridgehead atoms. The summed E-state index contributed by atoms with van der Waals surface area (Å²) in [5.41, 5.74) is 8.27. The van der Waals surface area contributed by atoms with E-state index in [4.69, 9.17) is 0 Å². The molecule has 23 atom stereocenters. The van der Waals surface area contributed by atoms with E-state index < -0.39 is 0 Å². The number of rotatable bonds is 8. The largest absolute Gasteiger partial charge is 0.393 e. The van der Waals surface area contributed by atoms with Gasteiger partial charge in [-0.1, -0.05) is 173 Å². The number of hydrogen-bond acceptors (Lipinski definition) is 8. The van der Waals surface area contributed by atoms with E-state index in [1.54, 1.807) is 0 Å². The van der Waals surface area contributed by atoms with Crippen molar-refractivity contribution in [1.82, 2.24) is 0 Å². The first-order chi connectivity index (χ1) is 40.9. The molecule has 0 aromatic rings. The molecule has 0 saturated heterocycles. The van der Waals surface area contributed by atoms with Crippen LogP contribution in [0.1, 0.15) is 258 Å². The molecule has 8 rings (SSSR count). The van der Waals surface area contributed by atoms with Gasteiger partial charge in [0, 0.05) is 23.7 Å². The highest BCUT2D eigenvalue weighted by molar-refractivity contribution is 5.06. The minimum atomic E-state index is -0.138. The van der Waals surface area contributed by atoms with Crippen LogP contribution in [0.4, 0.5) is 0 Å². The molecule has 8 N–H and O–H groups in total. The zero-order valence-electron chi connectivity index (χ0n) is 60.0. The van der Waals surface area contributed by atoms with Crippen molar-refractivity contribution < 1.29 is 40.9 Å². The molecule has 0 aromatic heterocycles. The van der Waals surface area contributed by atoms with E-state index in [1.165, 1.54) is 68.1 Å². The van der Waals surface area contributed by atoms with Crippen LogP contribution in [0.2, 0.25) is 0 Å². The third-order valence-electron chi connectivity index (χ3n) is 22.2. The zero-order chi connectivity index (χ0) is 67.4. The summed E-state index contributed by atoms with van der Waals surface area (Å²) in [6.07, 6.45) is 26.1. The molecule has 88 heavy (non-hydrogen) atoms. The average molecular weight is 1230 g/mol. The van der Waals surface area contributed by atoms with Gasteiger partial charge in [-0.3, -0.25) is 0 Å². The minimum absolute atomic E-state index is 0.0730. The van der Waals surface area contributed by atoms with Gasteiger partial charge in [0.25, 0.3) is 0 Å². The summed E-state index contributed by atoms with van der Waals surface area (Å²) in [5.74, 6) is 9.27. The van der Waals surface area contributed by atoms with Crippen LogP contribution < -0.4 is 0 Å². The fourth-order valence-corrected chi connectivity index (χ4v) is 16.2. The highest BCUT2D eigenvalue weighted by atomic mass is 16.3. The van der Waals surface area contributed by atoms with E-state index in [-0.39, 0.29) is 48.8 Å². The second-order valence-electron chi connectivity index (χ2n) is 31.2. The summed E-state index contributed by atoms with van der Waals surface area (Å²) >= 11 is 0. The van der Waals surface area contributed by atoms with E-state index in [2.05, 4.69) is 136 Å². The second kappa shape index (κ2) is 42.8. The number of aliphatic hydroxyl groups is 8. The molecule has 8 saturated carbocycles. The van der Waals surface area contributed by atoms with Crippen molar-refractivity contribution in [3.8, 4) is 0 Å². The Labute approximate surface area is 543 Å². The van der Waals surface area contributed by atoms with Crippen LogP contribution in [-0.4, -0.2) is 89.7 Å². The first-order valence-corrected chi connectivity index (χ1v) is 35.6. The average Bonchev–Trinajstić information content (AvgIpc) is 3.43. The highest BCUT2D eigenvalue weighted by Crippen LogP contribution is 2.40. The Kier molecular flexibility index (Phi) is 40.6. The van der Waals surface area contributed by atoms with Crippen LogP contribution >= 0.6 is 0 Å². The van der Waals surface area contributed by atoms with Gasteiger partial charge >= 0.3 is 0 Å². The molecule has 0 aromatic carbocycles. The maximum atomic E-state index is 9.75. The van der Waals surface area contributed by atoms with Crippen LogP contribution in [0.25, 0.3) is 0 Å². The minimum Gasteiger partial charge on any atom is -0.393 e. The van der Waals surface area contributed by atoms with Crippen LogP contribution in [0.15, 0.2) is 97.7 Å². The summed E-state index contributed by atoms with van der Waals surface area (Å²) < 4.78 is 0. The SMILES string of the molecule is C=C(C)C1C(C)CCCC1O.C=C(C)C1CC(C)CC(O)C1.C=C(C)C1CC(C)CCC1O.C=C(C)C1CC(O)CCC1C.C=C(C)C1CCC(C)CC1O.C=C(C)C1CCCC(C)C1O.C=C(C)C1CCCC(O)C1C.C=CC1C(C)CC(O)CC1C. The van der Waals surface area contributed by atoms with Crippen molar-refractivity contribution in [3.63, 3.8) is 0 Å². The normalized spacial score (nSPS) is 39.5. The fourth-order valence-electron chi connectivity index (χ4n) is 16.2. The Morgan fingerprint density at radius 1 is 0.307 bits per heavy atom. The first-order valence-electron chi connectivity index (χ1n) is 35.6. The van der Waals surface area contributed by atoms with Crippen LogP contribution in [0, 0.1) is 101 Å². The monoisotopic (exact) mass is 1230 g/mol. The second-order valence-corrected chi connectivity index (χ2v) is 31.2. The topological polar surface area (TPSA) is 162 Å². The first kappa shape index (κ1) is 83.6. The van der Waals surface area contributed by atoms with Crippen molar-refractivity contribution in [3.05, 3.63) is 97.7 Å². The molecule has 0 heterocycles. The summed E-state index contributed by atoms with van der Waals surface area (Å²) in [6.45, 7) is 65.4.